The van der Waals surface area contributed by atoms with Crippen molar-refractivity contribution in [3.63, 3.8) is 0 Å². The molecule has 2 aromatic heterocycles. The average molecular weight is 367 g/mol. The first kappa shape index (κ1) is 18.4. The van der Waals surface area contributed by atoms with Gasteiger partial charge in [0.1, 0.15) is 0 Å². The van der Waals surface area contributed by atoms with Crippen LogP contribution < -0.4 is 5.32 Å². The number of amides is 1. The van der Waals surface area contributed by atoms with Crippen molar-refractivity contribution in [1.29, 1.82) is 0 Å². The summed E-state index contributed by atoms with van der Waals surface area (Å²) in [5.41, 5.74) is 3.17. The Kier molecular flexibility index (Phi) is 5.97. The maximum absolute atomic E-state index is 12.9. The third-order valence-corrected chi connectivity index (χ3v) is 6.10. The molecule has 0 unspecified atom stereocenters. The van der Waals surface area contributed by atoms with Crippen molar-refractivity contribution >= 4 is 16.9 Å². The highest BCUT2D eigenvalue weighted by Crippen LogP contribution is 2.27. The molecule has 27 heavy (non-hydrogen) atoms. The van der Waals surface area contributed by atoms with Gasteiger partial charge in [0.25, 0.3) is 0 Å². The Morgan fingerprint density at radius 1 is 1.11 bits per heavy atom. The van der Waals surface area contributed by atoms with Crippen LogP contribution >= 0.6 is 0 Å². The molecule has 1 N–H and O–H groups in total. The summed E-state index contributed by atoms with van der Waals surface area (Å²) in [5.74, 6) is 1.37. The van der Waals surface area contributed by atoms with Crippen LogP contribution in [-0.4, -0.2) is 47.0 Å². The van der Waals surface area contributed by atoms with E-state index in [9.17, 15) is 4.79 Å². The van der Waals surface area contributed by atoms with Crippen LogP contribution in [0.2, 0.25) is 0 Å². The summed E-state index contributed by atoms with van der Waals surface area (Å²) in [4.78, 5) is 24.0. The number of hydrogen-bond donors (Lipinski definition) is 1. The topological polar surface area (TPSA) is 58.1 Å². The van der Waals surface area contributed by atoms with E-state index in [-0.39, 0.29) is 0 Å². The van der Waals surface area contributed by atoms with Gasteiger partial charge in [0.2, 0.25) is 5.91 Å². The molecule has 1 atom stereocenters. The second-order valence-corrected chi connectivity index (χ2v) is 8.16. The Morgan fingerprint density at radius 2 is 2.00 bits per heavy atom. The number of nitrogens with zero attached hydrogens (tertiary/aromatic N) is 3. The summed E-state index contributed by atoms with van der Waals surface area (Å²) in [6.45, 7) is 3.51. The fraction of sp³-hybridized carbons (Fsp3) is 0.591. The molecule has 4 rings (SSSR count). The molecule has 0 radical (unpaired) electrons. The van der Waals surface area contributed by atoms with Gasteiger partial charge in [0, 0.05) is 45.0 Å². The van der Waals surface area contributed by atoms with Gasteiger partial charge in [-0.05, 0) is 54.9 Å². The van der Waals surface area contributed by atoms with Gasteiger partial charge in [-0.15, -0.1) is 0 Å². The lowest BCUT2D eigenvalue weighted by Crippen LogP contribution is -2.37. The Morgan fingerprint density at radius 3 is 2.89 bits per heavy atom. The van der Waals surface area contributed by atoms with Crippen LogP contribution in [0, 0.1) is 11.8 Å². The molecule has 1 amide bonds. The van der Waals surface area contributed by atoms with Crippen molar-refractivity contribution < 1.29 is 4.79 Å². The largest absolute Gasteiger partial charge is 0.341 e. The summed E-state index contributed by atoms with van der Waals surface area (Å²) in [5, 5.41) is 3.52. The third kappa shape index (κ3) is 4.64. The number of carbonyl (C=O) groups excluding carboxylic acids is 1. The van der Waals surface area contributed by atoms with E-state index in [1.807, 2.05) is 24.5 Å². The molecule has 1 saturated heterocycles. The molecule has 0 spiro atoms. The number of rotatable bonds is 4. The number of pyridine rings is 2. The van der Waals surface area contributed by atoms with E-state index in [2.05, 4.69) is 26.3 Å². The summed E-state index contributed by atoms with van der Waals surface area (Å²) in [6.07, 6.45) is 11.8. The van der Waals surface area contributed by atoms with E-state index in [1.54, 1.807) is 0 Å². The molecule has 0 aromatic carbocycles. The van der Waals surface area contributed by atoms with Crippen molar-refractivity contribution in [2.45, 2.75) is 44.9 Å². The third-order valence-electron chi connectivity index (χ3n) is 6.10. The van der Waals surface area contributed by atoms with Crippen LogP contribution in [0.5, 0.6) is 0 Å². The van der Waals surface area contributed by atoms with Gasteiger partial charge in [0.15, 0.2) is 0 Å². The first-order chi connectivity index (χ1) is 13.3. The molecule has 0 bridgehead atoms. The molecule has 5 heteroatoms. The van der Waals surface area contributed by atoms with Crippen LogP contribution in [0.4, 0.5) is 0 Å². The fourth-order valence-corrected chi connectivity index (χ4v) is 4.63. The average Bonchev–Trinajstić information content (AvgIpc) is 2.95. The zero-order valence-corrected chi connectivity index (χ0v) is 16.1. The normalized spacial score (nSPS) is 21.9. The van der Waals surface area contributed by atoms with E-state index < -0.39 is 0 Å². The second-order valence-electron chi connectivity index (χ2n) is 8.16. The van der Waals surface area contributed by atoms with Gasteiger partial charge in [-0.1, -0.05) is 19.3 Å². The first-order valence-electron chi connectivity index (χ1n) is 10.5. The monoisotopic (exact) mass is 366 g/mol. The summed E-state index contributed by atoms with van der Waals surface area (Å²) >= 11 is 0. The number of carbonyl (C=O) groups is 1. The van der Waals surface area contributed by atoms with Crippen molar-refractivity contribution in [2.24, 2.45) is 11.8 Å². The first-order valence-corrected chi connectivity index (χ1v) is 10.5. The van der Waals surface area contributed by atoms with E-state index in [0.29, 0.717) is 17.7 Å². The lowest BCUT2D eigenvalue weighted by atomic mass is 9.86. The number of hydrogen-bond acceptors (Lipinski definition) is 4. The Bertz CT molecular complexity index is 767. The fourth-order valence-electron chi connectivity index (χ4n) is 4.63. The standard InChI is InChI=1S/C22H30N4O/c27-21(14-17-5-2-1-3-6-17)26-12-11-23-15-18(16-26)13-19-8-10-24-20-7-4-9-25-22(19)20/h4,7-10,17-18,23H,1-3,5-6,11-16H2/t18-/m1/s1. The zero-order valence-electron chi connectivity index (χ0n) is 16.1. The molecule has 5 nitrogen and oxygen atoms in total. The predicted octanol–water partition coefficient (Wildman–Crippen LogP) is 3.19. The Hall–Kier alpha value is -2.01. The number of nitrogens with one attached hydrogen (secondary N) is 1. The maximum atomic E-state index is 12.9. The Labute approximate surface area is 161 Å². The van der Waals surface area contributed by atoms with Gasteiger partial charge in [-0.3, -0.25) is 14.8 Å². The molecule has 1 saturated carbocycles. The smallest absolute Gasteiger partial charge is 0.222 e. The summed E-state index contributed by atoms with van der Waals surface area (Å²) in [7, 11) is 0. The minimum absolute atomic E-state index is 0.355. The molecule has 1 aliphatic heterocycles. The van der Waals surface area contributed by atoms with Gasteiger partial charge < -0.3 is 10.2 Å². The van der Waals surface area contributed by atoms with Crippen molar-refractivity contribution in [3.05, 3.63) is 36.2 Å². The van der Waals surface area contributed by atoms with Crippen LogP contribution in [0.15, 0.2) is 30.6 Å². The van der Waals surface area contributed by atoms with Crippen LogP contribution in [0.3, 0.4) is 0 Å². The van der Waals surface area contributed by atoms with Crippen molar-refractivity contribution in [2.75, 3.05) is 26.2 Å². The van der Waals surface area contributed by atoms with Crippen LogP contribution in [0.1, 0.15) is 44.1 Å². The number of aromatic nitrogens is 2. The SMILES string of the molecule is O=C(CC1CCCCC1)N1CCNC[C@@H](Cc2ccnc3cccnc23)C1. The minimum Gasteiger partial charge on any atom is -0.341 e. The van der Waals surface area contributed by atoms with E-state index >= 15 is 0 Å². The highest BCUT2D eigenvalue weighted by Gasteiger charge is 2.25. The number of fused-ring (bicyclic) bond motifs is 1. The van der Waals surface area contributed by atoms with Gasteiger partial charge >= 0.3 is 0 Å². The van der Waals surface area contributed by atoms with E-state index in [0.717, 1.165) is 50.1 Å². The van der Waals surface area contributed by atoms with Gasteiger partial charge in [-0.2, -0.15) is 0 Å². The molecular formula is C22H30N4O. The van der Waals surface area contributed by atoms with Crippen LogP contribution in [0.25, 0.3) is 11.0 Å². The van der Waals surface area contributed by atoms with E-state index in [4.69, 9.17) is 0 Å². The highest BCUT2D eigenvalue weighted by atomic mass is 16.2. The molecule has 144 valence electrons. The molecule has 2 fully saturated rings. The Balaban J connectivity index is 1.42. The van der Waals surface area contributed by atoms with Crippen LogP contribution in [-0.2, 0) is 11.2 Å². The molecular weight excluding hydrogens is 336 g/mol. The van der Waals surface area contributed by atoms with Crippen molar-refractivity contribution in [3.8, 4) is 0 Å². The second kappa shape index (κ2) is 8.79. The summed E-state index contributed by atoms with van der Waals surface area (Å²) in [6, 6.07) is 6.02. The van der Waals surface area contributed by atoms with Gasteiger partial charge in [-0.25, -0.2) is 0 Å². The highest BCUT2D eigenvalue weighted by molar-refractivity contribution is 5.77. The van der Waals surface area contributed by atoms with E-state index in [1.165, 1.54) is 37.7 Å². The predicted molar refractivity (Wildman–Crippen MR) is 107 cm³/mol. The van der Waals surface area contributed by atoms with Gasteiger partial charge in [0.05, 0.1) is 11.0 Å². The molecule has 1 aliphatic carbocycles. The quantitative estimate of drug-likeness (QED) is 0.903. The maximum Gasteiger partial charge on any atom is 0.222 e. The summed E-state index contributed by atoms with van der Waals surface area (Å²) < 4.78 is 0. The zero-order chi connectivity index (χ0) is 18.5. The minimum atomic E-state index is 0.355. The lowest BCUT2D eigenvalue weighted by Gasteiger charge is -2.27. The molecule has 3 heterocycles. The van der Waals surface area contributed by atoms with Crippen molar-refractivity contribution in [1.82, 2.24) is 20.2 Å². The molecule has 2 aliphatic rings. The molecule has 2 aromatic rings. The lowest BCUT2D eigenvalue weighted by molar-refractivity contribution is -0.132.